The number of nitrogens with one attached hydrogen (secondary N) is 1. The second-order valence-corrected chi connectivity index (χ2v) is 4.41. The van der Waals surface area contributed by atoms with Crippen molar-refractivity contribution in [3.8, 4) is 0 Å². The van der Waals surface area contributed by atoms with E-state index in [0.717, 1.165) is 6.54 Å². The topological polar surface area (TPSA) is 41.0 Å². The molecule has 1 N–H and O–H groups in total. The highest BCUT2D eigenvalue weighted by Crippen LogP contribution is 2.13. The molecule has 15 heavy (non-hydrogen) atoms. The van der Waals surface area contributed by atoms with Crippen molar-refractivity contribution in [2.45, 2.75) is 18.9 Å². The summed E-state index contributed by atoms with van der Waals surface area (Å²) < 4.78 is 0. The minimum Gasteiger partial charge on any atom is -0.350 e. The molecule has 1 aromatic heterocycles. The molecule has 0 radical (unpaired) electrons. The first-order chi connectivity index (χ1) is 7.24. The lowest BCUT2D eigenvalue weighted by Gasteiger charge is -2.30. The first-order valence-electron chi connectivity index (χ1n) is 5.16. The third-order valence-electron chi connectivity index (χ3n) is 2.58. The van der Waals surface area contributed by atoms with Crippen LogP contribution in [0.25, 0.3) is 0 Å². The summed E-state index contributed by atoms with van der Waals surface area (Å²) in [5.41, 5.74) is 0. The molecule has 1 atom stereocenters. The summed E-state index contributed by atoms with van der Waals surface area (Å²) in [5.74, 6) is 0.666. The summed E-state index contributed by atoms with van der Waals surface area (Å²) in [7, 11) is 2.14. The van der Waals surface area contributed by atoms with Gasteiger partial charge in [0, 0.05) is 12.6 Å². The third kappa shape index (κ3) is 3.04. The van der Waals surface area contributed by atoms with E-state index in [-0.39, 0.29) is 0 Å². The Labute approximate surface area is 94.7 Å². The molecule has 1 aliphatic heterocycles. The fourth-order valence-electron chi connectivity index (χ4n) is 1.85. The largest absolute Gasteiger partial charge is 0.350 e. The first-order valence-corrected chi connectivity index (χ1v) is 5.54. The number of nitrogens with zero attached hydrogens (tertiary/aromatic N) is 3. The van der Waals surface area contributed by atoms with E-state index in [9.17, 15) is 0 Å². The number of halogens is 1. The second kappa shape index (κ2) is 4.77. The monoisotopic (exact) mass is 226 g/mol. The molecule has 1 aromatic rings. The lowest BCUT2D eigenvalue weighted by atomic mass is 10.1. The Bertz CT molecular complexity index is 314. The molecule has 82 valence electrons. The predicted octanol–water partition coefficient (Wildman–Crippen LogP) is 1.64. The Morgan fingerprint density at radius 2 is 2.20 bits per heavy atom. The van der Waals surface area contributed by atoms with Crippen LogP contribution in [0.1, 0.15) is 12.8 Å². The zero-order valence-corrected chi connectivity index (χ0v) is 9.54. The number of anilines is 1. The zero-order chi connectivity index (χ0) is 10.7. The molecule has 0 aromatic carbocycles. The molecule has 4 nitrogen and oxygen atoms in total. The number of aromatic nitrogens is 2. The first kappa shape index (κ1) is 10.6. The summed E-state index contributed by atoms with van der Waals surface area (Å²) in [6, 6.07) is 0.449. The quantitative estimate of drug-likeness (QED) is 0.833. The number of hydrogen-bond acceptors (Lipinski definition) is 4. The standard InChI is InChI=1S/C10H15ClN4/c1-15-4-2-3-9(7-15)14-10-12-5-8(11)6-13-10/h5-6,9H,2-4,7H2,1H3,(H,12,13,14). The number of piperidine rings is 1. The van der Waals surface area contributed by atoms with Gasteiger partial charge in [0.2, 0.25) is 5.95 Å². The molecule has 1 aliphatic rings. The maximum absolute atomic E-state index is 5.72. The second-order valence-electron chi connectivity index (χ2n) is 3.97. The van der Waals surface area contributed by atoms with Crippen molar-refractivity contribution < 1.29 is 0 Å². The number of rotatable bonds is 2. The van der Waals surface area contributed by atoms with Gasteiger partial charge in [-0.05, 0) is 26.4 Å². The van der Waals surface area contributed by atoms with Crippen LogP contribution in [-0.2, 0) is 0 Å². The van der Waals surface area contributed by atoms with Crippen LogP contribution in [-0.4, -0.2) is 41.0 Å². The van der Waals surface area contributed by atoms with Gasteiger partial charge in [0.1, 0.15) is 0 Å². The third-order valence-corrected chi connectivity index (χ3v) is 2.77. The van der Waals surface area contributed by atoms with Crippen LogP contribution in [0.15, 0.2) is 12.4 Å². The Hall–Kier alpha value is -0.870. The van der Waals surface area contributed by atoms with Gasteiger partial charge in [-0.2, -0.15) is 0 Å². The minimum atomic E-state index is 0.449. The molecule has 0 aliphatic carbocycles. The van der Waals surface area contributed by atoms with Gasteiger partial charge < -0.3 is 10.2 Å². The van der Waals surface area contributed by atoms with Crippen LogP contribution >= 0.6 is 11.6 Å². The van der Waals surface area contributed by atoms with Gasteiger partial charge >= 0.3 is 0 Å². The van der Waals surface area contributed by atoms with Crippen molar-refractivity contribution in [2.75, 3.05) is 25.5 Å². The lowest BCUT2D eigenvalue weighted by Crippen LogP contribution is -2.40. The molecule has 1 unspecified atom stereocenters. The van der Waals surface area contributed by atoms with E-state index in [1.54, 1.807) is 12.4 Å². The molecule has 5 heteroatoms. The highest BCUT2D eigenvalue weighted by Gasteiger charge is 2.17. The van der Waals surface area contributed by atoms with Gasteiger partial charge in [0.25, 0.3) is 0 Å². The summed E-state index contributed by atoms with van der Waals surface area (Å²) >= 11 is 5.72. The summed E-state index contributed by atoms with van der Waals surface area (Å²) in [5, 5.41) is 3.89. The lowest BCUT2D eigenvalue weighted by molar-refractivity contribution is 0.260. The maximum Gasteiger partial charge on any atom is 0.222 e. The molecule has 1 fully saturated rings. The van der Waals surface area contributed by atoms with E-state index in [1.165, 1.54) is 19.4 Å². The van der Waals surface area contributed by atoms with Crippen LogP contribution in [0.5, 0.6) is 0 Å². The minimum absolute atomic E-state index is 0.449. The number of likely N-dealkylation sites (tertiary alicyclic amines) is 1. The molecular weight excluding hydrogens is 212 g/mol. The molecule has 2 heterocycles. The predicted molar refractivity (Wildman–Crippen MR) is 61.2 cm³/mol. The Morgan fingerprint density at radius 1 is 1.47 bits per heavy atom. The Balaban J connectivity index is 1.93. The average molecular weight is 227 g/mol. The van der Waals surface area contributed by atoms with E-state index < -0.39 is 0 Å². The van der Waals surface area contributed by atoms with E-state index in [0.29, 0.717) is 17.0 Å². The van der Waals surface area contributed by atoms with Gasteiger partial charge in [0.15, 0.2) is 0 Å². The van der Waals surface area contributed by atoms with Gasteiger partial charge in [-0.25, -0.2) is 9.97 Å². The van der Waals surface area contributed by atoms with Crippen LogP contribution in [0.2, 0.25) is 5.02 Å². The molecule has 0 bridgehead atoms. The molecule has 0 amide bonds. The average Bonchev–Trinajstić information content (AvgIpc) is 2.22. The Kier molecular flexibility index (Phi) is 3.38. The number of likely N-dealkylation sites (N-methyl/N-ethyl adjacent to an activating group) is 1. The molecule has 0 saturated carbocycles. The smallest absolute Gasteiger partial charge is 0.222 e. The van der Waals surface area contributed by atoms with Crippen molar-refractivity contribution in [1.82, 2.24) is 14.9 Å². The summed E-state index contributed by atoms with van der Waals surface area (Å²) in [6.45, 7) is 2.23. The van der Waals surface area contributed by atoms with Gasteiger partial charge in [-0.1, -0.05) is 11.6 Å². The highest BCUT2D eigenvalue weighted by atomic mass is 35.5. The van der Waals surface area contributed by atoms with Crippen LogP contribution in [0.3, 0.4) is 0 Å². The van der Waals surface area contributed by atoms with E-state index in [4.69, 9.17) is 11.6 Å². The normalized spacial score (nSPS) is 22.7. The molecule has 0 spiro atoms. The fourth-order valence-corrected chi connectivity index (χ4v) is 1.95. The van der Waals surface area contributed by atoms with Crippen molar-refractivity contribution in [3.05, 3.63) is 17.4 Å². The fraction of sp³-hybridized carbons (Fsp3) is 0.600. The van der Waals surface area contributed by atoms with Crippen molar-refractivity contribution in [2.24, 2.45) is 0 Å². The van der Waals surface area contributed by atoms with E-state index in [2.05, 4.69) is 27.2 Å². The van der Waals surface area contributed by atoms with Crippen molar-refractivity contribution >= 4 is 17.5 Å². The van der Waals surface area contributed by atoms with E-state index in [1.807, 2.05) is 0 Å². The number of hydrogen-bond donors (Lipinski definition) is 1. The molecular formula is C10H15ClN4. The Morgan fingerprint density at radius 3 is 2.87 bits per heavy atom. The van der Waals surface area contributed by atoms with Crippen LogP contribution in [0.4, 0.5) is 5.95 Å². The van der Waals surface area contributed by atoms with Gasteiger partial charge in [0.05, 0.1) is 17.4 Å². The summed E-state index contributed by atoms with van der Waals surface area (Å²) in [4.78, 5) is 10.6. The van der Waals surface area contributed by atoms with Gasteiger partial charge in [-0.3, -0.25) is 0 Å². The highest BCUT2D eigenvalue weighted by molar-refractivity contribution is 6.30. The summed E-state index contributed by atoms with van der Waals surface area (Å²) in [6.07, 6.45) is 5.63. The zero-order valence-electron chi connectivity index (χ0n) is 8.78. The molecule has 1 saturated heterocycles. The molecule has 2 rings (SSSR count). The van der Waals surface area contributed by atoms with Crippen LogP contribution < -0.4 is 5.32 Å². The maximum atomic E-state index is 5.72. The van der Waals surface area contributed by atoms with Crippen molar-refractivity contribution in [3.63, 3.8) is 0 Å². The van der Waals surface area contributed by atoms with Crippen molar-refractivity contribution in [1.29, 1.82) is 0 Å². The van der Waals surface area contributed by atoms with E-state index >= 15 is 0 Å². The SMILES string of the molecule is CN1CCCC(Nc2ncc(Cl)cn2)C1. The van der Waals surface area contributed by atoms with Crippen LogP contribution in [0, 0.1) is 0 Å². The van der Waals surface area contributed by atoms with Gasteiger partial charge in [-0.15, -0.1) is 0 Å².